The molecule has 0 spiro atoms. The summed E-state index contributed by atoms with van der Waals surface area (Å²) < 4.78 is 7.85. The zero-order valence-corrected chi connectivity index (χ0v) is 15.7. The fraction of sp³-hybridized carbons (Fsp3) is 0.600. The molecule has 2 aromatic rings. The van der Waals surface area contributed by atoms with Gasteiger partial charge in [0.15, 0.2) is 0 Å². The fourth-order valence-corrected chi connectivity index (χ4v) is 3.73. The van der Waals surface area contributed by atoms with Crippen LogP contribution in [0.25, 0.3) is 11.0 Å². The third-order valence-corrected chi connectivity index (χ3v) is 6.06. The molecule has 0 saturated heterocycles. The van der Waals surface area contributed by atoms with Gasteiger partial charge in [0.2, 0.25) is 5.28 Å². The molecule has 3 rings (SSSR count). The first-order valence-corrected chi connectivity index (χ1v) is 12.1. The molecule has 0 aliphatic heterocycles. The molecule has 0 radical (unpaired) electrons. The molecular weight excluding hydrogens is 337 g/mol. The second-order valence-electron chi connectivity index (χ2n) is 7.16. The van der Waals surface area contributed by atoms with E-state index in [9.17, 15) is 0 Å². The normalized spacial score (nSPS) is 15.7. The van der Waals surface area contributed by atoms with Crippen molar-refractivity contribution in [3.05, 3.63) is 22.2 Å². The first-order chi connectivity index (χ1) is 10.3. The van der Waals surface area contributed by atoms with Crippen molar-refractivity contribution in [2.45, 2.75) is 51.2 Å². The van der Waals surface area contributed by atoms with Gasteiger partial charge in [0.1, 0.15) is 17.5 Å². The van der Waals surface area contributed by atoms with Gasteiger partial charge >= 0.3 is 0 Å². The molecule has 2 heterocycles. The Morgan fingerprint density at radius 2 is 2.00 bits per heavy atom. The van der Waals surface area contributed by atoms with Gasteiger partial charge < -0.3 is 9.30 Å². The van der Waals surface area contributed by atoms with Gasteiger partial charge in [-0.25, -0.2) is 4.98 Å². The van der Waals surface area contributed by atoms with Crippen molar-refractivity contribution in [3.8, 4) is 0 Å². The van der Waals surface area contributed by atoms with E-state index in [1.165, 1.54) is 18.4 Å². The summed E-state index contributed by atoms with van der Waals surface area (Å²) in [7, 11) is -1.07. The number of fused-ring (bicyclic) bond motifs is 1. The number of nitrogens with zero attached hydrogens (tertiary/aromatic N) is 3. The molecule has 0 amide bonds. The van der Waals surface area contributed by atoms with E-state index < -0.39 is 8.07 Å². The molecule has 0 atom stereocenters. The molecule has 0 aromatic carbocycles. The summed E-state index contributed by atoms with van der Waals surface area (Å²) in [6.07, 6.45) is 4.51. The zero-order chi connectivity index (χ0) is 15.9. The average molecular weight is 358 g/mol. The number of aromatic nitrogens is 3. The Kier molecular flexibility index (Phi) is 4.51. The Labute approximate surface area is 141 Å². The summed E-state index contributed by atoms with van der Waals surface area (Å²) in [5.74, 6) is 0.577. The molecule has 1 aliphatic carbocycles. The Morgan fingerprint density at radius 3 is 2.64 bits per heavy atom. The number of rotatable bonds is 6. The molecule has 120 valence electrons. The number of halogens is 2. The van der Waals surface area contributed by atoms with Crippen molar-refractivity contribution in [1.29, 1.82) is 0 Å². The minimum atomic E-state index is -1.07. The van der Waals surface area contributed by atoms with Gasteiger partial charge in [0, 0.05) is 20.9 Å². The first kappa shape index (κ1) is 16.2. The third-order valence-electron chi connectivity index (χ3n) is 3.92. The van der Waals surface area contributed by atoms with Crippen molar-refractivity contribution in [3.63, 3.8) is 0 Å². The van der Waals surface area contributed by atoms with E-state index in [0.29, 0.717) is 17.8 Å². The van der Waals surface area contributed by atoms with Gasteiger partial charge in [0.25, 0.3) is 0 Å². The van der Waals surface area contributed by atoms with Crippen LogP contribution in [-0.4, -0.2) is 29.2 Å². The minimum Gasteiger partial charge on any atom is -0.361 e. The van der Waals surface area contributed by atoms with E-state index >= 15 is 0 Å². The molecule has 2 aromatic heterocycles. The van der Waals surface area contributed by atoms with Crippen LogP contribution in [-0.2, 0) is 11.5 Å². The highest BCUT2D eigenvalue weighted by molar-refractivity contribution is 6.76. The van der Waals surface area contributed by atoms with Crippen LogP contribution in [0.5, 0.6) is 0 Å². The maximum atomic E-state index is 6.29. The molecule has 22 heavy (non-hydrogen) atoms. The molecule has 0 N–H and O–H groups in total. The summed E-state index contributed by atoms with van der Waals surface area (Å²) in [4.78, 5) is 8.44. The molecule has 7 heteroatoms. The lowest BCUT2D eigenvalue weighted by molar-refractivity contribution is 0.0898. The fourth-order valence-electron chi connectivity index (χ4n) is 2.49. The summed E-state index contributed by atoms with van der Waals surface area (Å²) >= 11 is 12.3. The molecule has 1 saturated carbocycles. The molecule has 1 fully saturated rings. The maximum absolute atomic E-state index is 6.29. The monoisotopic (exact) mass is 357 g/mol. The minimum absolute atomic E-state index is 0.182. The standard InChI is InChI=1S/C15H21Cl2N3OSi/c1-22(2,3)7-6-21-9-20-8-11(10-4-5-10)12-13(16)18-15(17)19-14(12)20/h8,10H,4-7,9H2,1-3H3. The lowest BCUT2D eigenvalue weighted by Gasteiger charge is -2.15. The van der Waals surface area contributed by atoms with Crippen molar-refractivity contribution in [2.24, 2.45) is 0 Å². The quantitative estimate of drug-likeness (QED) is 0.318. The summed E-state index contributed by atoms with van der Waals surface area (Å²) in [6, 6.07) is 1.15. The van der Waals surface area contributed by atoms with Crippen LogP contribution in [0.1, 0.15) is 24.3 Å². The third kappa shape index (κ3) is 3.64. The number of hydrogen-bond acceptors (Lipinski definition) is 3. The van der Waals surface area contributed by atoms with Gasteiger partial charge in [-0.05, 0) is 42.0 Å². The molecule has 4 nitrogen and oxygen atoms in total. The first-order valence-electron chi connectivity index (χ1n) is 7.65. The SMILES string of the molecule is C[Si](C)(C)CCOCn1cc(C2CC2)c2c(Cl)nc(Cl)nc21. The topological polar surface area (TPSA) is 39.9 Å². The van der Waals surface area contributed by atoms with Gasteiger partial charge in [-0.3, -0.25) is 0 Å². The Bertz CT molecular complexity index is 692. The van der Waals surface area contributed by atoms with Gasteiger partial charge in [-0.1, -0.05) is 31.2 Å². The highest BCUT2D eigenvalue weighted by Gasteiger charge is 2.29. The lowest BCUT2D eigenvalue weighted by atomic mass is 10.2. The average Bonchev–Trinajstić information content (AvgIpc) is 3.17. The van der Waals surface area contributed by atoms with E-state index in [-0.39, 0.29) is 5.28 Å². The van der Waals surface area contributed by atoms with E-state index in [1.54, 1.807) is 0 Å². The summed E-state index contributed by atoms with van der Waals surface area (Å²) in [6.45, 7) is 8.30. The maximum Gasteiger partial charge on any atom is 0.225 e. The summed E-state index contributed by atoms with van der Waals surface area (Å²) in [5, 5.41) is 1.56. The molecular formula is C15H21Cl2N3OSi. The highest BCUT2D eigenvalue weighted by atomic mass is 35.5. The van der Waals surface area contributed by atoms with Crippen molar-refractivity contribution >= 4 is 42.3 Å². The van der Waals surface area contributed by atoms with Crippen LogP contribution in [0, 0.1) is 0 Å². The largest absolute Gasteiger partial charge is 0.361 e. The smallest absolute Gasteiger partial charge is 0.225 e. The summed E-state index contributed by atoms with van der Waals surface area (Å²) in [5.41, 5.74) is 2.00. The Hall–Kier alpha value is -0.623. The van der Waals surface area contributed by atoms with Gasteiger partial charge in [-0.2, -0.15) is 4.98 Å². The van der Waals surface area contributed by atoms with E-state index in [1.807, 2.05) is 4.57 Å². The lowest BCUT2D eigenvalue weighted by Crippen LogP contribution is -2.22. The van der Waals surface area contributed by atoms with Crippen molar-refractivity contribution in [2.75, 3.05) is 6.61 Å². The number of hydrogen-bond donors (Lipinski definition) is 0. The Morgan fingerprint density at radius 1 is 1.27 bits per heavy atom. The second-order valence-corrected chi connectivity index (χ2v) is 13.5. The van der Waals surface area contributed by atoms with Crippen LogP contribution in [0.3, 0.4) is 0 Å². The van der Waals surface area contributed by atoms with E-state index in [4.69, 9.17) is 27.9 Å². The van der Waals surface area contributed by atoms with E-state index in [0.717, 1.165) is 23.7 Å². The van der Waals surface area contributed by atoms with Crippen molar-refractivity contribution in [1.82, 2.24) is 14.5 Å². The zero-order valence-electron chi connectivity index (χ0n) is 13.2. The second kappa shape index (κ2) is 6.11. The predicted octanol–water partition coefficient (Wildman–Crippen LogP) is 4.93. The Balaban J connectivity index is 1.83. The van der Waals surface area contributed by atoms with Crippen LogP contribution >= 0.6 is 23.2 Å². The highest BCUT2D eigenvalue weighted by Crippen LogP contribution is 2.45. The predicted molar refractivity (Wildman–Crippen MR) is 93.6 cm³/mol. The van der Waals surface area contributed by atoms with Gasteiger partial charge in [0.05, 0.1) is 5.39 Å². The van der Waals surface area contributed by atoms with Crippen LogP contribution in [0.2, 0.25) is 36.1 Å². The van der Waals surface area contributed by atoms with Crippen LogP contribution in [0.4, 0.5) is 0 Å². The van der Waals surface area contributed by atoms with Gasteiger partial charge in [-0.15, -0.1) is 0 Å². The van der Waals surface area contributed by atoms with Crippen LogP contribution < -0.4 is 0 Å². The van der Waals surface area contributed by atoms with Crippen LogP contribution in [0.15, 0.2) is 6.20 Å². The molecule has 1 aliphatic rings. The molecule has 0 unspecified atom stereocenters. The van der Waals surface area contributed by atoms with Crippen molar-refractivity contribution < 1.29 is 4.74 Å². The molecule has 0 bridgehead atoms. The van der Waals surface area contributed by atoms with E-state index in [2.05, 4.69) is 35.8 Å². The number of ether oxygens (including phenoxy) is 1.